The minimum Gasteiger partial charge on any atom is -0.480 e. The van der Waals surface area contributed by atoms with Gasteiger partial charge in [-0.2, -0.15) is 0 Å². The summed E-state index contributed by atoms with van der Waals surface area (Å²) in [7, 11) is 0. The number of carboxylic acid groups (broad SMARTS) is 1. The average Bonchev–Trinajstić information content (AvgIpc) is 3.20. The van der Waals surface area contributed by atoms with Crippen LogP contribution < -0.4 is 5.32 Å². The molecule has 7 heteroatoms. The second kappa shape index (κ2) is 5.97. The molecule has 7 nitrogen and oxygen atoms in total. The van der Waals surface area contributed by atoms with Crippen molar-refractivity contribution in [2.24, 2.45) is 5.92 Å². The first-order valence-electron chi connectivity index (χ1n) is 7.14. The minimum atomic E-state index is -1.03. The second-order valence-electron chi connectivity index (χ2n) is 5.39. The van der Waals surface area contributed by atoms with Gasteiger partial charge in [0.2, 0.25) is 5.82 Å². The fraction of sp³-hybridized carbons (Fsp3) is 0.333. The molecule has 2 aromatic rings. The molecule has 1 aromatic heterocycles. The van der Waals surface area contributed by atoms with E-state index in [-0.39, 0.29) is 5.82 Å². The van der Waals surface area contributed by atoms with Gasteiger partial charge in [-0.15, -0.1) is 5.10 Å². The van der Waals surface area contributed by atoms with Gasteiger partial charge in [0.15, 0.2) is 0 Å². The molecule has 0 aliphatic heterocycles. The van der Waals surface area contributed by atoms with E-state index in [2.05, 4.69) is 15.4 Å². The molecular weight excluding hydrogens is 284 g/mol. The fourth-order valence-corrected chi connectivity index (χ4v) is 2.20. The van der Waals surface area contributed by atoms with Crippen molar-refractivity contribution in [1.82, 2.24) is 20.1 Å². The predicted octanol–water partition coefficient (Wildman–Crippen LogP) is 1.25. The van der Waals surface area contributed by atoms with Crippen molar-refractivity contribution in [3.63, 3.8) is 0 Å². The summed E-state index contributed by atoms with van der Waals surface area (Å²) in [4.78, 5) is 27.2. The van der Waals surface area contributed by atoms with Crippen LogP contribution in [0.3, 0.4) is 0 Å². The Bertz CT molecular complexity index is 679. The molecule has 0 radical (unpaired) electrons. The number of aliphatic carboxylic acids is 1. The second-order valence-corrected chi connectivity index (χ2v) is 5.39. The third-order valence-corrected chi connectivity index (χ3v) is 3.59. The maximum Gasteiger partial charge on any atom is 0.326 e. The van der Waals surface area contributed by atoms with Crippen LogP contribution in [0.15, 0.2) is 36.7 Å². The zero-order valence-electron chi connectivity index (χ0n) is 11.8. The number of amides is 1. The van der Waals surface area contributed by atoms with Gasteiger partial charge in [-0.3, -0.25) is 4.79 Å². The highest BCUT2D eigenvalue weighted by atomic mass is 16.4. The van der Waals surface area contributed by atoms with Gasteiger partial charge in [0.25, 0.3) is 5.91 Å². The molecule has 0 saturated heterocycles. The Morgan fingerprint density at radius 2 is 2.05 bits per heavy atom. The van der Waals surface area contributed by atoms with Gasteiger partial charge in [0, 0.05) is 0 Å². The van der Waals surface area contributed by atoms with Crippen LogP contribution in [0, 0.1) is 5.92 Å². The Labute approximate surface area is 127 Å². The van der Waals surface area contributed by atoms with Crippen molar-refractivity contribution in [3.8, 4) is 5.69 Å². The number of carbonyl (C=O) groups excluding carboxylic acids is 1. The molecule has 1 unspecified atom stereocenters. The smallest absolute Gasteiger partial charge is 0.326 e. The molecule has 0 bridgehead atoms. The summed E-state index contributed by atoms with van der Waals surface area (Å²) in [6.07, 6.45) is 3.95. The molecular formula is C15H16N4O3. The number of benzene rings is 1. The lowest BCUT2D eigenvalue weighted by Gasteiger charge is -2.12. The highest BCUT2D eigenvalue weighted by molar-refractivity contribution is 5.93. The molecule has 3 rings (SSSR count). The van der Waals surface area contributed by atoms with E-state index in [9.17, 15) is 9.59 Å². The number of nitrogens with one attached hydrogen (secondary N) is 1. The number of hydrogen-bond donors (Lipinski definition) is 2. The first-order chi connectivity index (χ1) is 10.6. The van der Waals surface area contributed by atoms with E-state index in [1.807, 2.05) is 30.3 Å². The SMILES string of the molecule is O=C(NC(CC1CC1)C(=O)O)c1ncn(-c2ccccc2)n1. The molecule has 114 valence electrons. The molecule has 0 spiro atoms. The number of aromatic nitrogens is 3. The Morgan fingerprint density at radius 1 is 1.32 bits per heavy atom. The van der Waals surface area contributed by atoms with Crippen LogP contribution in [0.4, 0.5) is 0 Å². The number of carbonyl (C=O) groups is 2. The standard InChI is InChI=1S/C15H16N4O3/c20-14(17-12(15(21)22)8-10-6-7-10)13-16-9-19(18-13)11-4-2-1-3-5-11/h1-5,9-10,12H,6-8H2,(H,17,20)(H,21,22). The molecule has 2 N–H and O–H groups in total. The van der Waals surface area contributed by atoms with E-state index in [4.69, 9.17) is 5.11 Å². The van der Waals surface area contributed by atoms with E-state index in [0.717, 1.165) is 18.5 Å². The van der Waals surface area contributed by atoms with Gasteiger partial charge < -0.3 is 10.4 Å². The molecule has 1 aromatic carbocycles. The lowest BCUT2D eigenvalue weighted by Crippen LogP contribution is -2.41. The van der Waals surface area contributed by atoms with E-state index in [0.29, 0.717) is 12.3 Å². The van der Waals surface area contributed by atoms with Crippen molar-refractivity contribution in [1.29, 1.82) is 0 Å². The lowest BCUT2D eigenvalue weighted by molar-refractivity contribution is -0.139. The summed E-state index contributed by atoms with van der Waals surface area (Å²) in [5, 5.41) is 15.7. The Kier molecular flexibility index (Phi) is 3.86. The summed E-state index contributed by atoms with van der Waals surface area (Å²) < 4.78 is 1.48. The van der Waals surface area contributed by atoms with Crippen LogP contribution in [0.5, 0.6) is 0 Å². The summed E-state index contributed by atoms with van der Waals surface area (Å²) in [5.41, 5.74) is 0.779. The summed E-state index contributed by atoms with van der Waals surface area (Å²) in [6.45, 7) is 0. The fourth-order valence-electron chi connectivity index (χ4n) is 2.20. The normalized spacial score (nSPS) is 15.3. The minimum absolute atomic E-state index is 0.0362. The quantitative estimate of drug-likeness (QED) is 0.837. The third-order valence-electron chi connectivity index (χ3n) is 3.59. The first kappa shape index (κ1) is 14.2. The van der Waals surface area contributed by atoms with Crippen LogP contribution in [-0.2, 0) is 4.79 Å². The molecule has 1 aliphatic rings. The summed E-state index contributed by atoms with van der Waals surface area (Å²) >= 11 is 0. The number of carboxylic acids is 1. The van der Waals surface area contributed by atoms with E-state index < -0.39 is 17.9 Å². The highest BCUT2D eigenvalue weighted by Gasteiger charge is 2.31. The van der Waals surface area contributed by atoms with Crippen LogP contribution in [-0.4, -0.2) is 37.8 Å². The van der Waals surface area contributed by atoms with E-state index in [1.54, 1.807) is 0 Å². The monoisotopic (exact) mass is 300 g/mol. The number of para-hydroxylation sites is 1. The van der Waals surface area contributed by atoms with Gasteiger partial charge in [0.05, 0.1) is 5.69 Å². The lowest BCUT2D eigenvalue weighted by atomic mass is 10.1. The van der Waals surface area contributed by atoms with Crippen LogP contribution in [0.1, 0.15) is 29.9 Å². The van der Waals surface area contributed by atoms with Crippen LogP contribution in [0.2, 0.25) is 0 Å². The van der Waals surface area contributed by atoms with Crippen LogP contribution in [0.25, 0.3) is 5.69 Å². The van der Waals surface area contributed by atoms with Gasteiger partial charge in [-0.25, -0.2) is 14.5 Å². The van der Waals surface area contributed by atoms with E-state index >= 15 is 0 Å². The Morgan fingerprint density at radius 3 is 2.68 bits per heavy atom. The number of nitrogens with zero attached hydrogens (tertiary/aromatic N) is 3. The molecule has 1 atom stereocenters. The van der Waals surface area contributed by atoms with Crippen LogP contribution >= 0.6 is 0 Å². The maximum atomic E-state index is 12.1. The largest absolute Gasteiger partial charge is 0.480 e. The zero-order chi connectivity index (χ0) is 15.5. The zero-order valence-corrected chi connectivity index (χ0v) is 11.8. The number of hydrogen-bond acceptors (Lipinski definition) is 4. The predicted molar refractivity (Wildman–Crippen MR) is 77.6 cm³/mol. The topological polar surface area (TPSA) is 97.1 Å². The highest BCUT2D eigenvalue weighted by Crippen LogP contribution is 2.33. The first-order valence-corrected chi connectivity index (χ1v) is 7.14. The molecule has 1 aliphatic carbocycles. The third kappa shape index (κ3) is 3.30. The van der Waals surface area contributed by atoms with Crippen molar-refractivity contribution < 1.29 is 14.7 Å². The van der Waals surface area contributed by atoms with Crippen molar-refractivity contribution in [2.75, 3.05) is 0 Å². The van der Waals surface area contributed by atoms with Gasteiger partial charge in [-0.05, 0) is 24.5 Å². The summed E-state index contributed by atoms with van der Waals surface area (Å²) in [5.74, 6) is -1.23. The molecule has 1 heterocycles. The molecule has 1 fully saturated rings. The maximum absolute atomic E-state index is 12.1. The average molecular weight is 300 g/mol. The van der Waals surface area contributed by atoms with E-state index in [1.165, 1.54) is 11.0 Å². The van der Waals surface area contributed by atoms with Crippen molar-refractivity contribution in [3.05, 3.63) is 42.5 Å². The molecule has 1 amide bonds. The van der Waals surface area contributed by atoms with Crippen molar-refractivity contribution >= 4 is 11.9 Å². The summed E-state index contributed by atoms with van der Waals surface area (Å²) in [6, 6.07) is 8.37. The Balaban J connectivity index is 1.69. The molecule has 1 saturated carbocycles. The van der Waals surface area contributed by atoms with Crippen molar-refractivity contribution in [2.45, 2.75) is 25.3 Å². The molecule has 22 heavy (non-hydrogen) atoms. The van der Waals surface area contributed by atoms with Gasteiger partial charge in [-0.1, -0.05) is 31.0 Å². The number of rotatable bonds is 6. The van der Waals surface area contributed by atoms with Gasteiger partial charge >= 0.3 is 5.97 Å². The van der Waals surface area contributed by atoms with Gasteiger partial charge in [0.1, 0.15) is 12.4 Å². The Hall–Kier alpha value is -2.70.